The first kappa shape index (κ1) is 14.5. The lowest BCUT2D eigenvalue weighted by Gasteiger charge is -2.30. The Hall–Kier alpha value is -1.89. The fraction of sp³-hybridized carbons (Fsp3) is 0.615. The van der Waals surface area contributed by atoms with Gasteiger partial charge in [-0.25, -0.2) is 14.7 Å². The van der Waals surface area contributed by atoms with Gasteiger partial charge < -0.3 is 14.8 Å². The molecular weight excluding hydrogens is 262 g/mol. The van der Waals surface area contributed by atoms with Crippen molar-refractivity contribution in [2.45, 2.75) is 38.8 Å². The lowest BCUT2D eigenvalue weighted by atomic mass is 9.90. The van der Waals surface area contributed by atoms with Gasteiger partial charge in [0.05, 0.1) is 17.9 Å². The highest BCUT2D eigenvalue weighted by molar-refractivity contribution is 5.93. The third kappa shape index (κ3) is 2.82. The quantitative estimate of drug-likeness (QED) is 0.865. The van der Waals surface area contributed by atoms with Crippen LogP contribution in [0, 0.1) is 5.92 Å². The zero-order valence-corrected chi connectivity index (χ0v) is 11.4. The van der Waals surface area contributed by atoms with Crippen molar-refractivity contribution in [1.29, 1.82) is 0 Å². The predicted molar refractivity (Wildman–Crippen MR) is 69.9 cm³/mol. The van der Waals surface area contributed by atoms with Crippen molar-refractivity contribution in [2.75, 3.05) is 6.54 Å². The summed E-state index contributed by atoms with van der Waals surface area (Å²) in [7, 11) is 0. The van der Waals surface area contributed by atoms with Gasteiger partial charge in [-0.3, -0.25) is 4.79 Å². The van der Waals surface area contributed by atoms with E-state index in [9.17, 15) is 14.7 Å². The van der Waals surface area contributed by atoms with Gasteiger partial charge in [-0.15, -0.1) is 0 Å². The van der Waals surface area contributed by atoms with Crippen molar-refractivity contribution in [3.8, 4) is 0 Å². The van der Waals surface area contributed by atoms with Crippen LogP contribution < -0.4 is 0 Å². The number of aryl methyl sites for hydroxylation is 1. The van der Waals surface area contributed by atoms with Gasteiger partial charge >= 0.3 is 6.09 Å². The Labute approximate surface area is 116 Å². The molecule has 1 aromatic rings. The third-order valence-electron chi connectivity index (χ3n) is 3.53. The average molecular weight is 281 g/mol. The number of piperidine rings is 1. The minimum Gasteiger partial charge on any atom is -0.465 e. The molecule has 2 amide bonds. The maximum absolute atomic E-state index is 12.1. The average Bonchev–Trinajstić information content (AvgIpc) is 2.87. The molecule has 2 heterocycles. The van der Waals surface area contributed by atoms with Crippen LogP contribution in [0.1, 0.15) is 38.0 Å². The van der Waals surface area contributed by atoms with Crippen molar-refractivity contribution >= 4 is 12.0 Å². The number of likely N-dealkylation sites (tertiary alicyclic amines) is 1. The minimum absolute atomic E-state index is 0.196. The van der Waals surface area contributed by atoms with Crippen molar-refractivity contribution in [2.24, 2.45) is 5.92 Å². The van der Waals surface area contributed by atoms with Crippen LogP contribution in [0.15, 0.2) is 12.5 Å². The van der Waals surface area contributed by atoms with Gasteiger partial charge in [0.25, 0.3) is 0 Å². The third-order valence-corrected chi connectivity index (χ3v) is 3.53. The molecule has 1 aromatic heterocycles. The molecule has 110 valence electrons. The van der Waals surface area contributed by atoms with Gasteiger partial charge in [-0.1, -0.05) is 6.92 Å². The van der Waals surface area contributed by atoms with Crippen molar-refractivity contribution in [1.82, 2.24) is 14.5 Å². The lowest BCUT2D eigenvalue weighted by molar-refractivity contribution is -0.140. The van der Waals surface area contributed by atoms with Crippen LogP contribution in [0.2, 0.25) is 0 Å². The Morgan fingerprint density at radius 1 is 1.60 bits per heavy atom. The monoisotopic (exact) mass is 281 g/mol. The van der Waals surface area contributed by atoms with Crippen LogP contribution in [0.25, 0.3) is 0 Å². The van der Waals surface area contributed by atoms with Gasteiger partial charge in [0.2, 0.25) is 5.91 Å². The summed E-state index contributed by atoms with van der Waals surface area (Å²) in [5, 5.41) is 19.2. The highest BCUT2D eigenvalue weighted by Gasteiger charge is 2.38. The number of amides is 2. The molecule has 2 rings (SSSR count). The molecule has 2 unspecified atom stereocenters. The number of nitrogens with zero attached hydrogens (tertiary/aromatic N) is 3. The molecule has 0 radical (unpaired) electrons. The summed E-state index contributed by atoms with van der Waals surface area (Å²) in [4.78, 5) is 27.9. The normalized spacial score (nSPS) is 21.0. The molecule has 0 bridgehead atoms. The van der Waals surface area contributed by atoms with Gasteiger partial charge in [0.15, 0.2) is 0 Å². The van der Waals surface area contributed by atoms with Crippen molar-refractivity contribution in [3.63, 3.8) is 0 Å². The number of aliphatic hydroxyl groups is 1. The van der Waals surface area contributed by atoms with Crippen LogP contribution in [0.5, 0.6) is 0 Å². The molecule has 0 aromatic carbocycles. The molecule has 1 aliphatic heterocycles. The molecule has 0 spiro atoms. The topological polar surface area (TPSA) is 95.7 Å². The molecule has 20 heavy (non-hydrogen) atoms. The van der Waals surface area contributed by atoms with Crippen LogP contribution in [-0.4, -0.2) is 43.2 Å². The number of aliphatic hydroxyl groups excluding tert-OH is 1. The number of hydrogen-bond donors (Lipinski definition) is 2. The van der Waals surface area contributed by atoms with E-state index in [2.05, 4.69) is 4.98 Å². The fourth-order valence-electron chi connectivity index (χ4n) is 2.50. The SMILES string of the molecule is CCCn1cnc(C(O)C2CCCN(C(=O)O)C2=O)c1. The van der Waals surface area contributed by atoms with Gasteiger partial charge in [0.1, 0.15) is 6.10 Å². The highest BCUT2D eigenvalue weighted by atomic mass is 16.4. The Balaban J connectivity index is 2.12. The summed E-state index contributed by atoms with van der Waals surface area (Å²) >= 11 is 0. The summed E-state index contributed by atoms with van der Waals surface area (Å²) in [5.41, 5.74) is 0.420. The second-order valence-corrected chi connectivity index (χ2v) is 5.00. The second-order valence-electron chi connectivity index (χ2n) is 5.00. The summed E-state index contributed by atoms with van der Waals surface area (Å²) in [6, 6.07) is 0. The summed E-state index contributed by atoms with van der Waals surface area (Å²) in [6.07, 6.45) is 3.00. The van der Waals surface area contributed by atoms with Crippen LogP contribution >= 0.6 is 0 Å². The van der Waals surface area contributed by atoms with E-state index >= 15 is 0 Å². The second kappa shape index (κ2) is 6.04. The lowest BCUT2D eigenvalue weighted by Crippen LogP contribution is -2.46. The molecule has 2 atom stereocenters. The minimum atomic E-state index is -1.26. The first-order valence-corrected chi connectivity index (χ1v) is 6.78. The Kier molecular flexibility index (Phi) is 4.39. The first-order chi connectivity index (χ1) is 9.54. The maximum Gasteiger partial charge on any atom is 0.414 e. The van der Waals surface area contributed by atoms with Crippen LogP contribution in [0.3, 0.4) is 0 Å². The van der Waals surface area contributed by atoms with Gasteiger partial charge in [0, 0.05) is 19.3 Å². The van der Waals surface area contributed by atoms with Crippen LogP contribution in [0.4, 0.5) is 4.79 Å². The van der Waals surface area contributed by atoms with E-state index in [1.807, 2.05) is 11.5 Å². The molecule has 2 N–H and O–H groups in total. The zero-order valence-electron chi connectivity index (χ0n) is 11.4. The van der Waals surface area contributed by atoms with E-state index in [0.717, 1.165) is 17.9 Å². The number of aromatic nitrogens is 2. The maximum atomic E-state index is 12.1. The molecule has 1 aliphatic rings. The van der Waals surface area contributed by atoms with E-state index in [0.29, 0.717) is 18.5 Å². The smallest absolute Gasteiger partial charge is 0.414 e. The Morgan fingerprint density at radius 2 is 2.35 bits per heavy atom. The van der Waals surface area contributed by atoms with E-state index in [-0.39, 0.29) is 6.54 Å². The standard InChI is InChI=1S/C13H19N3O4/c1-2-5-15-7-10(14-8-15)11(17)9-4-3-6-16(12(9)18)13(19)20/h7-9,11,17H,2-6H2,1H3,(H,19,20). The molecule has 7 heteroatoms. The van der Waals surface area contributed by atoms with Crippen molar-refractivity contribution < 1.29 is 19.8 Å². The Morgan fingerprint density at radius 3 is 3.00 bits per heavy atom. The van der Waals surface area contributed by atoms with E-state index < -0.39 is 24.0 Å². The highest BCUT2D eigenvalue weighted by Crippen LogP contribution is 2.30. The fourth-order valence-corrected chi connectivity index (χ4v) is 2.50. The van der Waals surface area contributed by atoms with Gasteiger partial charge in [-0.2, -0.15) is 0 Å². The number of carboxylic acid groups (broad SMARTS) is 1. The number of rotatable bonds is 4. The molecular formula is C13H19N3O4. The van der Waals surface area contributed by atoms with Crippen molar-refractivity contribution in [3.05, 3.63) is 18.2 Å². The number of carbonyl (C=O) groups excluding carboxylic acids is 1. The molecule has 0 saturated carbocycles. The molecule has 0 aliphatic carbocycles. The number of hydrogen-bond acceptors (Lipinski definition) is 4. The number of imidazole rings is 1. The van der Waals surface area contributed by atoms with E-state index in [4.69, 9.17) is 5.11 Å². The molecule has 7 nitrogen and oxygen atoms in total. The zero-order chi connectivity index (χ0) is 14.7. The molecule has 1 saturated heterocycles. The summed E-state index contributed by atoms with van der Waals surface area (Å²) in [6.45, 7) is 3.02. The Bertz CT molecular complexity index is 500. The number of carbonyl (C=O) groups is 2. The predicted octanol–water partition coefficient (Wildman–Crippen LogP) is 1.24. The van der Waals surface area contributed by atoms with Gasteiger partial charge in [-0.05, 0) is 19.3 Å². The number of imide groups is 1. The largest absolute Gasteiger partial charge is 0.465 e. The summed E-state index contributed by atoms with van der Waals surface area (Å²) < 4.78 is 1.85. The van der Waals surface area contributed by atoms with E-state index in [1.54, 1.807) is 12.5 Å². The van der Waals surface area contributed by atoms with E-state index in [1.165, 1.54) is 0 Å². The van der Waals surface area contributed by atoms with Crippen LogP contribution in [-0.2, 0) is 11.3 Å². The summed E-state index contributed by atoms with van der Waals surface area (Å²) in [5.74, 6) is -1.27. The first-order valence-electron chi connectivity index (χ1n) is 6.78. The molecule has 1 fully saturated rings.